The number of carbonyl (C=O) groups excluding carboxylic acids is 1. The van der Waals surface area contributed by atoms with Crippen molar-refractivity contribution in [3.05, 3.63) is 28.1 Å². The summed E-state index contributed by atoms with van der Waals surface area (Å²) in [6, 6.07) is 0.0599. The number of amides is 1. The predicted molar refractivity (Wildman–Crippen MR) is 61.3 cm³/mol. The maximum absolute atomic E-state index is 11.8. The van der Waals surface area contributed by atoms with Gasteiger partial charge in [-0.15, -0.1) is 0 Å². The third-order valence-electron chi connectivity index (χ3n) is 2.38. The Morgan fingerprint density at radius 2 is 2.22 bits per heavy atom. The lowest BCUT2D eigenvalue weighted by Gasteiger charge is -2.10. The summed E-state index contributed by atoms with van der Waals surface area (Å²) in [5, 5.41) is 21.5. The summed E-state index contributed by atoms with van der Waals surface area (Å²) in [7, 11) is 0. The summed E-state index contributed by atoms with van der Waals surface area (Å²) >= 11 is 0. The summed E-state index contributed by atoms with van der Waals surface area (Å²) in [6.07, 6.45) is 1.24. The molecular weight excluding hydrogens is 242 g/mol. The Hall–Kier alpha value is -2.38. The zero-order valence-electron chi connectivity index (χ0n) is 9.91. The van der Waals surface area contributed by atoms with Gasteiger partial charge in [-0.25, -0.2) is 0 Å². The van der Waals surface area contributed by atoms with Crippen LogP contribution in [0.1, 0.15) is 24.3 Å². The first-order chi connectivity index (χ1) is 8.36. The van der Waals surface area contributed by atoms with Crippen LogP contribution in [0.2, 0.25) is 0 Å². The van der Waals surface area contributed by atoms with Crippen molar-refractivity contribution in [2.45, 2.75) is 26.4 Å². The normalized spacial score (nSPS) is 11.9. The maximum Gasteiger partial charge on any atom is 0.325 e. The molecule has 98 valence electrons. The average molecular weight is 255 g/mol. The van der Waals surface area contributed by atoms with Gasteiger partial charge >= 0.3 is 5.97 Å². The molecule has 0 aliphatic rings. The largest absolute Gasteiger partial charge is 0.480 e. The van der Waals surface area contributed by atoms with Crippen LogP contribution in [0.25, 0.3) is 0 Å². The third-order valence-corrected chi connectivity index (χ3v) is 2.38. The Kier molecular flexibility index (Phi) is 4.03. The topological polar surface area (TPSA) is 114 Å². The molecule has 0 aromatic carbocycles. The molecular formula is C10H13N3O5. The number of aromatic nitrogens is 1. The van der Waals surface area contributed by atoms with Crippen LogP contribution in [0.4, 0.5) is 5.69 Å². The minimum atomic E-state index is -1.17. The van der Waals surface area contributed by atoms with Crippen LogP contribution in [0.3, 0.4) is 0 Å². The monoisotopic (exact) mass is 255 g/mol. The van der Waals surface area contributed by atoms with Gasteiger partial charge in [-0.1, -0.05) is 0 Å². The molecule has 0 fully saturated rings. The number of nitrogens with one attached hydrogen (secondary N) is 1. The Balaban J connectivity index is 2.97. The second-order valence-corrected chi connectivity index (χ2v) is 3.66. The first kappa shape index (κ1) is 13.7. The summed E-state index contributed by atoms with van der Waals surface area (Å²) in [4.78, 5) is 32.4. The second kappa shape index (κ2) is 5.30. The molecule has 8 nitrogen and oxygen atoms in total. The lowest BCUT2D eigenvalue weighted by molar-refractivity contribution is -0.384. The zero-order chi connectivity index (χ0) is 13.9. The van der Waals surface area contributed by atoms with Gasteiger partial charge in [0, 0.05) is 12.6 Å². The summed E-state index contributed by atoms with van der Waals surface area (Å²) in [6.45, 7) is 3.41. The van der Waals surface area contributed by atoms with E-state index in [0.717, 1.165) is 6.07 Å². The van der Waals surface area contributed by atoms with Gasteiger partial charge in [0.1, 0.15) is 11.7 Å². The van der Waals surface area contributed by atoms with Gasteiger partial charge < -0.3 is 15.0 Å². The van der Waals surface area contributed by atoms with Gasteiger partial charge in [0.15, 0.2) is 0 Å². The number of aliphatic carboxylic acids is 1. The van der Waals surface area contributed by atoms with Gasteiger partial charge in [0.2, 0.25) is 0 Å². The number of carboxylic acids is 1. The van der Waals surface area contributed by atoms with Crippen LogP contribution in [0.5, 0.6) is 0 Å². The lowest BCUT2D eigenvalue weighted by atomic mass is 10.3. The highest BCUT2D eigenvalue weighted by Gasteiger charge is 2.21. The number of rotatable bonds is 5. The molecule has 1 heterocycles. The van der Waals surface area contributed by atoms with Crippen LogP contribution in [-0.2, 0) is 11.3 Å². The Morgan fingerprint density at radius 3 is 2.67 bits per heavy atom. The number of carboxylic acid groups (broad SMARTS) is 1. The lowest BCUT2D eigenvalue weighted by Crippen LogP contribution is -2.39. The van der Waals surface area contributed by atoms with E-state index in [1.54, 1.807) is 6.92 Å². The number of nitrogens with zero attached hydrogens (tertiary/aromatic N) is 2. The van der Waals surface area contributed by atoms with Gasteiger partial charge in [0.05, 0.1) is 11.1 Å². The van der Waals surface area contributed by atoms with Gasteiger partial charge in [-0.3, -0.25) is 19.7 Å². The quantitative estimate of drug-likeness (QED) is 0.591. The number of aryl methyl sites for hydroxylation is 1. The molecule has 0 spiro atoms. The minimum absolute atomic E-state index is 0.0669. The van der Waals surface area contributed by atoms with Crippen LogP contribution in [0.15, 0.2) is 12.3 Å². The van der Waals surface area contributed by atoms with Crippen molar-refractivity contribution in [1.82, 2.24) is 9.88 Å². The Bertz CT molecular complexity index is 494. The Labute approximate surface area is 102 Å². The summed E-state index contributed by atoms with van der Waals surface area (Å²) in [5.41, 5.74) is -0.137. The second-order valence-electron chi connectivity index (χ2n) is 3.66. The van der Waals surface area contributed by atoms with Crippen LogP contribution in [0, 0.1) is 10.1 Å². The molecule has 1 amide bonds. The molecule has 0 saturated carbocycles. The molecule has 0 aliphatic carbocycles. The van der Waals surface area contributed by atoms with Gasteiger partial charge in [-0.2, -0.15) is 0 Å². The smallest absolute Gasteiger partial charge is 0.325 e. The van der Waals surface area contributed by atoms with Crippen LogP contribution < -0.4 is 5.32 Å². The van der Waals surface area contributed by atoms with E-state index in [-0.39, 0.29) is 11.4 Å². The third kappa shape index (κ3) is 2.84. The van der Waals surface area contributed by atoms with Crippen molar-refractivity contribution < 1.29 is 19.6 Å². The molecule has 1 atom stereocenters. The van der Waals surface area contributed by atoms with E-state index in [1.807, 2.05) is 0 Å². The first-order valence-electron chi connectivity index (χ1n) is 5.25. The molecule has 0 bridgehead atoms. The average Bonchev–Trinajstić information content (AvgIpc) is 2.72. The van der Waals surface area contributed by atoms with Crippen molar-refractivity contribution in [2.75, 3.05) is 0 Å². The highest BCUT2D eigenvalue weighted by Crippen LogP contribution is 2.16. The number of hydrogen-bond donors (Lipinski definition) is 2. The molecule has 18 heavy (non-hydrogen) atoms. The van der Waals surface area contributed by atoms with Crippen LogP contribution >= 0.6 is 0 Å². The molecule has 0 saturated heterocycles. The minimum Gasteiger partial charge on any atom is -0.480 e. The fourth-order valence-electron chi connectivity index (χ4n) is 1.38. The molecule has 8 heteroatoms. The first-order valence-corrected chi connectivity index (χ1v) is 5.25. The fourth-order valence-corrected chi connectivity index (χ4v) is 1.38. The van der Waals surface area contributed by atoms with Crippen molar-refractivity contribution in [2.24, 2.45) is 0 Å². The SMILES string of the molecule is CCn1cc([N+](=O)[O-])cc1C(=O)N[C@H](C)C(=O)O. The highest BCUT2D eigenvalue weighted by molar-refractivity contribution is 5.95. The number of hydrogen-bond acceptors (Lipinski definition) is 4. The van der Waals surface area contributed by atoms with E-state index in [1.165, 1.54) is 17.7 Å². The van der Waals surface area contributed by atoms with Crippen molar-refractivity contribution >= 4 is 17.6 Å². The van der Waals surface area contributed by atoms with Crippen molar-refractivity contribution in [3.63, 3.8) is 0 Å². The van der Waals surface area contributed by atoms with Crippen molar-refractivity contribution in [3.8, 4) is 0 Å². The van der Waals surface area contributed by atoms with E-state index in [4.69, 9.17) is 5.11 Å². The van der Waals surface area contributed by atoms with Crippen molar-refractivity contribution in [1.29, 1.82) is 0 Å². The van der Waals surface area contributed by atoms with E-state index in [2.05, 4.69) is 5.32 Å². The summed E-state index contributed by atoms with van der Waals surface area (Å²) < 4.78 is 1.39. The van der Waals surface area contributed by atoms with E-state index in [0.29, 0.717) is 6.54 Å². The highest BCUT2D eigenvalue weighted by atomic mass is 16.6. The van der Waals surface area contributed by atoms with E-state index < -0.39 is 22.8 Å². The number of carbonyl (C=O) groups is 2. The molecule has 1 aromatic heterocycles. The molecule has 0 aliphatic heterocycles. The molecule has 1 rings (SSSR count). The number of nitro groups is 1. The van der Waals surface area contributed by atoms with Crippen LogP contribution in [-0.4, -0.2) is 32.5 Å². The standard InChI is InChI=1S/C10H13N3O5/c1-3-12-5-7(13(17)18)4-8(12)9(14)11-6(2)10(15)16/h4-6H,3H2,1-2H3,(H,11,14)(H,15,16)/t6-/m1/s1. The zero-order valence-corrected chi connectivity index (χ0v) is 9.91. The van der Waals surface area contributed by atoms with Gasteiger partial charge in [-0.05, 0) is 13.8 Å². The summed E-state index contributed by atoms with van der Waals surface area (Å²) in [5.74, 6) is -1.83. The van der Waals surface area contributed by atoms with E-state index >= 15 is 0 Å². The molecule has 1 aromatic rings. The maximum atomic E-state index is 11.8. The van der Waals surface area contributed by atoms with Gasteiger partial charge in [0.25, 0.3) is 11.6 Å². The predicted octanol–water partition coefficient (Wildman–Crippen LogP) is 0.619. The molecule has 0 radical (unpaired) electrons. The molecule has 0 unspecified atom stereocenters. The Morgan fingerprint density at radius 1 is 1.61 bits per heavy atom. The van der Waals surface area contributed by atoms with E-state index in [9.17, 15) is 19.7 Å². The fraction of sp³-hybridized carbons (Fsp3) is 0.400. The molecule has 2 N–H and O–H groups in total.